The van der Waals surface area contributed by atoms with Gasteiger partial charge in [0.05, 0.1) is 11.5 Å². The number of hydrazine groups is 2. The Labute approximate surface area is 227 Å². The molecular formula is C24H28N10O2S2. The van der Waals surface area contributed by atoms with Crippen molar-refractivity contribution in [1.82, 2.24) is 40.4 Å². The predicted molar refractivity (Wildman–Crippen MR) is 145 cm³/mol. The van der Waals surface area contributed by atoms with Crippen molar-refractivity contribution in [3.63, 3.8) is 0 Å². The predicted octanol–water partition coefficient (Wildman–Crippen LogP) is 1.58. The van der Waals surface area contributed by atoms with Crippen molar-refractivity contribution in [3.8, 4) is 11.4 Å². The van der Waals surface area contributed by atoms with E-state index in [1.54, 1.807) is 0 Å². The van der Waals surface area contributed by atoms with E-state index in [-0.39, 0.29) is 23.3 Å². The number of aryl methyl sites for hydroxylation is 2. The van der Waals surface area contributed by atoms with Crippen LogP contribution in [0.2, 0.25) is 0 Å². The Morgan fingerprint density at radius 1 is 0.658 bits per heavy atom. The number of rotatable bonds is 13. The van der Waals surface area contributed by atoms with Crippen LogP contribution in [0.1, 0.15) is 24.5 Å². The third kappa shape index (κ3) is 6.98. The number of nitrogens with one attached hydrogen (secondary N) is 2. The van der Waals surface area contributed by atoms with Gasteiger partial charge in [-0.3, -0.25) is 29.6 Å². The van der Waals surface area contributed by atoms with Gasteiger partial charge in [0.15, 0.2) is 10.3 Å². The molecule has 0 saturated carbocycles. The van der Waals surface area contributed by atoms with Crippen LogP contribution in [0.4, 0.5) is 0 Å². The third-order valence-corrected chi connectivity index (χ3v) is 7.32. The van der Waals surface area contributed by atoms with Crippen molar-refractivity contribution in [3.05, 3.63) is 72.3 Å². The van der Waals surface area contributed by atoms with Crippen LogP contribution in [0.3, 0.4) is 0 Å². The molecule has 0 aliphatic carbocycles. The number of nitrogens with zero attached hydrogens (tertiary/aromatic N) is 6. The second kappa shape index (κ2) is 13.7. The first-order valence-corrected chi connectivity index (χ1v) is 13.8. The van der Waals surface area contributed by atoms with Crippen LogP contribution in [0.15, 0.2) is 71.0 Å². The number of hydrogen-bond donors (Lipinski definition) is 4. The Bertz CT molecular complexity index is 1240. The summed E-state index contributed by atoms with van der Waals surface area (Å²) >= 11 is 2.56. The Hall–Kier alpha value is -3.72. The quantitative estimate of drug-likeness (QED) is 0.0627. The van der Waals surface area contributed by atoms with Crippen molar-refractivity contribution < 1.29 is 9.59 Å². The smallest absolute Gasteiger partial charge is 0.244 e. The summed E-state index contributed by atoms with van der Waals surface area (Å²) in [7, 11) is 0. The van der Waals surface area contributed by atoms with Crippen LogP contribution in [0.5, 0.6) is 0 Å². The lowest BCUT2D eigenvalue weighted by Gasteiger charge is -2.11. The van der Waals surface area contributed by atoms with E-state index >= 15 is 0 Å². The van der Waals surface area contributed by atoms with E-state index in [0.717, 1.165) is 35.9 Å². The zero-order valence-electron chi connectivity index (χ0n) is 20.5. The average molecular weight is 553 g/mol. The molecule has 12 nitrogen and oxygen atoms in total. The van der Waals surface area contributed by atoms with Gasteiger partial charge in [0.1, 0.15) is 11.6 Å². The van der Waals surface area contributed by atoms with E-state index in [2.05, 4.69) is 31.2 Å². The second-order valence-corrected chi connectivity index (χ2v) is 9.94. The number of thioether (sulfide) groups is 2. The summed E-state index contributed by atoms with van der Waals surface area (Å²) in [5.41, 5.74) is 6.12. The molecule has 198 valence electrons. The number of benzene rings is 2. The molecule has 0 saturated heterocycles. The third-order valence-electron chi connectivity index (χ3n) is 5.47. The minimum absolute atomic E-state index is 0.143. The molecular weight excluding hydrogens is 524 g/mol. The average Bonchev–Trinajstić information content (AvgIpc) is 3.57. The maximum Gasteiger partial charge on any atom is 0.244 e. The lowest BCUT2D eigenvalue weighted by Crippen LogP contribution is -2.31. The molecule has 0 fully saturated rings. The van der Waals surface area contributed by atoms with Crippen molar-refractivity contribution in [2.45, 2.75) is 36.0 Å². The Morgan fingerprint density at radius 3 is 1.42 bits per heavy atom. The van der Waals surface area contributed by atoms with Gasteiger partial charge in [0, 0.05) is 24.2 Å². The summed E-state index contributed by atoms with van der Waals surface area (Å²) in [5.74, 6) is 11.7. The molecule has 4 rings (SSSR count). The number of carbonyl (C=O) groups is 2. The Morgan fingerprint density at radius 2 is 1.05 bits per heavy atom. The van der Waals surface area contributed by atoms with Crippen LogP contribution < -0.4 is 22.5 Å². The SMILES string of the molecule is NNC(=O)CSc1nnc(CCCCc2nnc(SCC(=O)NN)n2-c2ccccc2)n1-c1ccccc1. The van der Waals surface area contributed by atoms with Gasteiger partial charge in [-0.05, 0) is 37.1 Å². The van der Waals surface area contributed by atoms with Crippen LogP contribution in [0.25, 0.3) is 11.4 Å². The van der Waals surface area contributed by atoms with Crippen LogP contribution in [-0.4, -0.2) is 52.8 Å². The molecule has 0 spiro atoms. The molecule has 4 aromatic rings. The van der Waals surface area contributed by atoms with Gasteiger partial charge in [-0.15, -0.1) is 20.4 Å². The van der Waals surface area contributed by atoms with Crippen molar-refractivity contribution in [2.24, 2.45) is 11.7 Å². The van der Waals surface area contributed by atoms with E-state index < -0.39 is 0 Å². The van der Waals surface area contributed by atoms with Crippen molar-refractivity contribution in [2.75, 3.05) is 11.5 Å². The van der Waals surface area contributed by atoms with Gasteiger partial charge in [0.2, 0.25) is 11.8 Å². The van der Waals surface area contributed by atoms with Crippen molar-refractivity contribution in [1.29, 1.82) is 0 Å². The molecule has 2 amide bonds. The van der Waals surface area contributed by atoms with Gasteiger partial charge in [-0.1, -0.05) is 59.9 Å². The highest BCUT2D eigenvalue weighted by Crippen LogP contribution is 2.25. The molecule has 0 radical (unpaired) electrons. The van der Waals surface area contributed by atoms with Gasteiger partial charge < -0.3 is 0 Å². The van der Waals surface area contributed by atoms with E-state index in [1.807, 2.05) is 69.8 Å². The van der Waals surface area contributed by atoms with Crippen LogP contribution in [0, 0.1) is 0 Å². The topological polar surface area (TPSA) is 172 Å². The highest BCUT2D eigenvalue weighted by atomic mass is 32.2. The molecule has 0 aliphatic heterocycles. The summed E-state index contributed by atoms with van der Waals surface area (Å²) in [6.07, 6.45) is 3.03. The lowest BCUT2D eigenvalue weighted by atomic mass is 10.1. The zero-order chi connectivity index (χ0) is 26.7. The molecule has 2 aromatic carbocycles. The zero-order valence-corrected chi connectivity index (χ0v) is 22.1. The first kappa shape index (κ1) is 27.3. The fourth-order valence-electron chi connectivity index (χ4n) is 3.69. The first-order valence-electron chi connectivity index (χ1n) is 11.8. The number of unbranched alkanes of at least 4 members (excludes halogenated alkanes) is 1. The van der Waals surface area contributed by atoms with Crippen molar-refractivity contribution >= 4 is 35.3 Å². The summed E-state index contributed by atoms with van der Waals surface area (Å²) in [6.45, 7) is 0. The standard InChI is InChI=1S/C24H28N10O2S2/c25-27-21(35)15-37-23-31-29-19(33(23)17-9-3-1-4-10-17)13-7-8-14-20-30-32-24(38-16-22(36)28-26)34(20)18-11-5-2-6-12-18/h1-6,9-12H,7-8,13-16,25-26H2,(H,27,35)(H,28,36). The van der Waals surface area contributed by atoms with Gasteiger partial charge in [-0.2, -0.15) is 0 Å². The molecule has 0 aliphatic rings. The molecule has 14 heteroatoms. The number of carbonyl (C=O) groups excluding carboxylic acids is 2. The van der Waals surface area contributed by atoms with E-state index in [9.17, 15) is 9.59 Å². The fourth-order valence-corrected chi connectivity index (χ4v) is 5.26. The Kier molecular flexibility index (Phi) is 9.86. The normalized spacial score (nSPS) is 10.9. The van der Waals surface area contributed by atoms with E-state index in [1.165, 1.54) is 23.5 Å². The molecule has 6 N–H and O–H groups in total. The van der Waals surface area contributed by atoms with E-state index in [4.69, 9.17) is 11.7 Å². The summed E-state index contributed by atoms with van der Waals surface area (Å²) in [4.78, 5) is 23.3. The number of hydrogen-bond acceptors (Lipinski definition) is 10. The maximum absolute atomic E-state index is 11.7. The number of nitrogens with two attached hydrogens (primary N) is 2. The molecule has 0 bridgehead atoms. The van der Waals surface area contributed by atoms with Crippen LogP contribution >= 0.6 is 23.5 Å². The molecule has 0 unspecified atom stereocenters. The summed E-state index contributed by atoms with van der Waals surface area (Å²) in [5, 5.41) is 18.7. The summed E-state index contributed by atoms with van der Waals surface area (Å²) < 4.78 is 3.94. The Balaban J connectivity index is 1.46. The number of aromatic nitrogens is 6. The number of amides is 2. The largest absolute Gasteiger partial charge is 0.294 e. The minimum Gasteiger partial charge on any atom is -0.294 e. The first-order chi connectivity index (χ1) is 18.6. The molecule has 0 atom stereocenters. The molecule has 38 heavy (non-hydrogen) atoms. The maximum atomic E-state index is 11.7. The van der Waals surface area contributed by atoms with Gasteiger partial charge in [0.25, 0.3) is 0 Å². The van der Waals surface area contributed by atoms with Gasteiger partial charge in [-0.25, -0.2) is 11.7 Å². The fraction of sp³-hybridized carbons (Fsp3) is 0.250. The highest BCUT2D eigenvalue weighted by Gasteiger charge is 2.18. The second-order valence-electron chi connectivity index (χ2n) is 8.06. The highest BCUT2D eigenvalue weighted by molar-refractivity contribution is 8.00. The molecule has 2 aromatic heterocycles. The summed E-state index contributed by atoms with van der Waals surface area (Å²) in [6, 6.07) is 19.6. The van der Waals surface area contributed by atoms with E-state index in [0.29, 0.717) is 23.2 Å². The van der Waals surface area contributed by atoms with Gasteiger partial charge >= 0.3 is 0 Å². The monoisotopic (exact) mass is 552 g/mol. The number of para-hydroxylation sites is 2. The minimum atomic E-state index is -0.289. The molecule has 2 heterocycles. The lowest BCUT2D eigenvalue weighted by molar-refractivity contribution is -0.119. The van der Waals surface area contributed by atoms with Crippen LogP contribution in [-0.2, 0) is 22.4 Å².